The Hall–Kier alpha value is -3.68. The Balaban J connectivity index is 0.000000269. The third-order valence-electron chi connectivity index (χ3n) is 5.69. The molecule has 0 amide bonds. The van der Waals surface area contributed by atoms with Crippen LogP contribution < -0.4 is 4.74 Å². The van der Waals surface area contributed by atoms with Crippen LogP contribution in [-0.2, 0) is 35.2 Å². The number of esters is 4. The second-order valence-corrected chi connectivity index (χ2v) is 8.92. The van der Waals surface area contributed by atoms with Gasteiger partial charge in [0.05, 0.1) is 0 Å². The van der Waals surface area contributed by atoms with Crippen LogP contribution in [0.1, 0.15) is 87.1 Å². The van der Waals surface area contributed by atoms with Gasteiger partial charge in [0, 0.05) is 19.8 Å². The van der Waals surface area contributed by atoms with Crippen molar-refractivity contribution in [2.45, 2.75) is 77.7 Å². The first-order valence-corrected chi connectivity index (χ1v) is 13.3. The normalized spacial score (nSPS) is 15.6. The molecule has 1 aliphatic rings. The van der Waals surface area contributed by atoms with Crippen molar-refractivity contribution in [3.63, 3.8) is 0 Å². The average Bonchev–Trinajstić information content (AvgIpc) is 2.91. The average molecular weight is 527 g/mol. The van der Waals surface area contributed by atoms with Crippen LogP contribution in [0, 0.1) is 0 Å². The zero-order chi connectivity index (χ0) is 27.4. The van der Waals surface area contributed by atoms with Gasteiger partial charge in [0.25, 0.3) is 0 Å². The Morgan fingerprint density at radius 1 is 0.711 bits per heavy atom. The third-order valence-corrected chi connectivity index (χ3v) is 5.69. The number of rotatable bonds is 4. The third kappa shape index (κ3) is 13.6. The largest absolute Gasteiger partial charge is 0.462 e. The van der Waals surface area contributed by atoms with Gasteiger partial charge in [-0.2, -0.15) is 0 Å². The van der Waals surface area contributed by atoms with Crippen molar-refractivity contribution in [1.29, 1.82) is 0 Å². The molecule has 8 nitrogen and oxygen atoms in total. The summed E-state index contributed by atoms with van der Waals surface area (Å²) in [6, 6.07) is 15.9. The number of carbonyl (C=O) groups is 4. The first-order valence-electron chi connectivity index (χ1n) is 13.3. The number of hydrogen-bond acceptors (Lipinski definition) is 8. The summed E-state index contributed by atoms with van der Waals surface area (Å²) in [5, 5.41) is 0. The second-order valence-electron chi connectivity index (χ2n) is 8.92. The van der Waals surface area contributed by atoms with Crippen molar-refractivity contribution in [2.75, 3.05) is 13.2 Å². The maximum Gasteiger partial charge on any atom is 0.342 e. The van der Waals surface area contributed by atoms with Gasteiger partial charge < -0.3 is 18.9 Å². The SMILES string of the molecule is CC(=O)Oc1ccccc1C(=O)OCc1ccccc1.O=C1CCCCCCCCCCC(=O)OCCO1. The molecule has 1 saturated heterocycles. The Kier molecular flexibility index (Phi) is 14.9. The highest BCUT2D eigenvalue weighted by Crippen LogP contribution is 2.20. The molecule has 0 unspecified atom stereocenters. The molecule has 206 valence electrons. The summed E-state index contributed by atoms with van der Waals surface area (Å²) in [4.78, 5) is 45.6. The van der Waals surface area contributed by atoms with Crippen LogP contribution in [0.25, 0.3) is 0 Å². The number of benzene rings is 2. The number of cyclic esters (lactones) is 2. The highest BCUT2D eigenvalue weighted by molar-refractivity contribution is 5.93. The fourth-order valence-electron chi connectivity index (χ4n) is 3.73. The van der Waals surface area contributed by atoms with Crippen molar-refractivity contribution in [1.82, 2.24) is 0 Å². The van der Waals surface area contributed by atoms with Gasteiger partial charge in [-0.05, 0) is 30.5 Å². The molecule has 1 fully saturated rings. The van der Waals surface area contributed by atoms with E-state index in [4.69, 9.17) is 18.9 Å². The van der Waals surface area contributed by atoms with E-state index in [1.807, 2.05) is 30.3 Å². The van der Waals surface area contributed by atoms with Crippen molar-refractivity contribution in [3.05, 3.63) is 65.7 Å². The Labute approximate surface area is 224 Å². The maximum atomic E-state index is 12.0. The molecule has 8 heteroatoms. The van der Waals surface area contributed by atoms with Crippen molar-refractivity contribution in [3.8, 4) is 5.75 Å². The molecule has 0 bridgehead atoms. The van der Waals surface area contributed by atoms with E-state index in [0.717, 1.165) is 31.2 Å². The number of hydrogen-bond donors (Lipinski definition) is 0. The molecule has 1 aliphatic heterocycles. The van der Waals surface area contributed by atoms with E-state index in [1.165, 1.54) is 32.6 Å². The summed E-state index contributed by atoms with van der Waals surface area (Å²) in [5.74, 6) is -1.16. The molecule has 0 N–H and O–H groups in total. The Morgan fingerprint density at radius 3 is 1.76 bits per heavy atom. The van der Waals surface area contributed by atoms with Crippen molar-refractivity contribution in [2.24, 2.45) is 0 Å². The highest BCUT2D eigenvalue weighted by Gasteiger charge is 2.15. The van der Waals surface area contributed by atoms with Crippen LogP contribution in [0.3, 0.4) is 0 Å². The molecule has 0 spiro atoms. The number of ether oxygens (including phenoxy) is 4. The van der Waals surface area contributed by atoms with Gasteiger partial charge in [-0.15, -0.1) is 0 Å². The molecule has 2 aromatic rings. The molecular weight excluding hydrogens is 488 g/mol. The van der Waals surface area contributed by atoms with Crippen LogP contribution in [0.4, 0.5) is 0 Å². The highest BCUT2D eigenvalue weighted by atomic mass is 16.6. The minimum Gasteiger partial charge on any atom is -0.462 e. The second kappa shape index (κ2) is 18.5. The minimum atomic E-state index is -0.522. The van der Waals surface area contributed by atoms with Gasteiger partial charge in [0.15, 0.2) is 0 Å². The fourth-order valence-corrected chi connectivity index (χ4v) is 3.73. The van der Waals surface area contributed by atoms with E-state index in [1.54, 1.807) is 24.3 Å². The zero-order valence-electron chi connectivity index (χ0n) is 22.2. The summed E-state index contributed by atoms with van der Waals surface area (Å²) in [6.45, 7) is 1.83. The van der Waals surface area contributed by atoms with Crippen LogP contribution in [0.15, 0.2) is 54.6 Å². The standard InChI is InChI=1S/C16H14O4.C14H24O4/c1-12(17)20-15-10-6-5-9-14(15)16(18)19-11-13-7-3-2-4-8-13;15-13-9-7-5-3-1-2-4-6-8-10-14(16)18-12-11-17-13/h2-10H,11H2,1H3;1-12H2. The Morgan fingerprint density at radius 2 is 1.21 bits per heavy atom. The van der Waals surface area contributed by atoms with Crippen LogP contribution >= 0.6 is 0 Å². The zero-order valence-corrected chi connectivity index (χ0v) is 22.2. The lowest BCUT2D eigenvalue weighted by molar-refractivity contribution is -0.152. The van der Waals surface area contributed by atoms with E-state index in [-0.39, 0.29) is 43.1 Å². The van der Waals surface area contributed by atoms with Gasteiger partial charge in [-0.25, -0.2) is 4.79 Å². The first kappa shape index (κ1) is 30.5. The molecule has 38 heavy (non-hydrogen) atoms. The van der Waals surface area contributed by atoms with E-state index < -0.39 is 11.9 Å². The summed E-state index contributed by atoms with van der Waals surface area (Å²) >= 11 is 0. The Bertz CT molecular complexity index is 976. The topological polar surface area (TPSA) is 105 Å². The number of carbonyl (C=O) groups excluding carboxylic acids is 4. The molecule has 0 saturated carbocycles. The molecular formula is C30H38O8. The van der Waals surface area contributed by atoms with E-state index in [0.29, 0.717) is 12.8 Å². The smallest absolute Gasteiger partial charge is 0.342 e. The number of para-hydroxylation sites is 1. The molecule has 3 rings (SSSR count). The summed E-state index contributed by atoms with van der Waals surface area (Å²) in [7, 11) is 0. The van der Waals surface area contributed by atoms with Gasteiger partial charge in [-0.1, -0.05) is 81.0 Å². The quantitative estimate of drug-likeness (QED) is 0.273. The molecule has 2 aromatic carbocycles. The predicted molar refractivity (Wildman–Crippen MR) is 141 cm³/mol. The van der Waals surface area contributed by atoms with Gasteiger partial charge in [-0.3, -0.25) is 14.4 Å². The van der Waals surface area contributed by atoms with E-state index in [9.17, 15) is 19.2 Å². The van der Waals surface area contributed by atoms with Crippen molar-refractivity contribution < 1.29 is 38.1 Å². The summed E-state index contributed by atoms with van der Waals surface area (Å²) in [5.41, 5.74) is 1.13. The molecule has 0 aromatic heterocycles. The van der Waals surface area contributed by atoms with E-state index in [2.05, 4.69) is 0 Å². The van der Waals surface area contributed by atoms with Gasteiger partial charge in [0.1, 0.15) is 31.1 Å². The predicted octanol–water partition coefficient (Wildman–Crippen LogP) is 5.96. The van der Waals surface area contributed by atoms with Crippen molar-refractivity contribution >= 4 is 23.9 Å². The van der Waals surface area contributed by atoms with Crippen LogP contribution in [-0.4, -0.2) is 37.1 Å². The lowest BCUT2D eigenvalue weighted by atomic mass is 10.1. The van der Waals surface area contributed by atoms with Crippen LogP contribution in [0.2, 0.25) is 0 Å². The molecule has 1 heterocycles. The monoisotopic (exact) mass is 526 g/mol. The molecule has 0 radical (unpaired) electrons. The maximum absolute atomic E-state index is 12.0. The summed E-state index contributed by atoms with van der Waals surface area (Å²) < 4.78 is 20.1. The van der Waals surface area contributed by atoms with Crippen LogP contribution in [0.5, 0.6) is 5.75 Å². The van der Waals surface area contributed by atoms with Gasteiger partial charge in [0.2, 0.25) is 0 Å². The first-order chi connectivity index (χ1) is 18.5. The fraction of sp³-hybridized carbons (Fsp3) is 0.467. The lowest BCUT2D eigenvalue weighted by Crippen LogP contribution is -2.13. The molecule has 0 atom stereocenters. The van der Waals surface area contributed by atoms with E-state index >= 15 is 0 Å². The lowest BCUT2D eigenvalue weighted by Gasteiger charge is -2.09. The van der Waals surface area contributed by atoms with Gasteiger partial charge >= 0.3 is 23.9 Å². The summed E-state index contributed by atoms with van der Waals surface area (Å²) in [6.07, 6.45) is 9.79. The minimum absolute atomic E-state index is 0.175. The molecule has 0 aliphatic carbocycles.